The highest BCUT2D eigenvalue weighted by Crippen LogP contribution is 2.17. The number of nitrogens with two attached hydrogens (primary N) is 1. The molecular formula is C25H25BrN4O2S. The van der Waals surface area contributed by atoms with Crippen molar-refractivity contribution in [1.82, 2.24) is 14.5 Å². The smallest absolute Gasteiger partial charge is 0.262 e. The molecular weight excluding hydrogens is 500 g/mol. The van der Waals surface area contributed by atoms with Crippen molar-refractivity contribution in [2.24, 2.45) is 5.73 Å². The number of benzene rings is 2. The second-order valence-electron chi connectivity index (χ2n) is 7.74. The van der Waals surface area contributed by atoms with Crippen LogP contribution in [0.15, 0.2) is 75.3 Å². The van der Waals surface area contributed by atoms with Crippen LogP contribution in [0.4, 0.5) is 0 Å². The van der Waals surface area contributed by atoms with Gasteiger partial charge in [-0.2, -0.15) is 0 Å². The molecule has 0 aliphatic heterocycles. The van der Waals surface area contributed by atoms with Crippen molar-refractivity contribution >= 4 is 43.4 Å². The van der Waals surface area contributed by atoms with Gasteiger partial charge in [-0.05, 0) is 47.7 Å². The summed E-state index contributed by atoms with van der Waals surface area (Å²) in [6.45, 7) is 1.87. The Bertz CT molecular complexity index is 1290. The predicted molar refractivity (Wildman–Crippen MR) is 137 cm³/mol. The fraction of sp³-hybridized carbons (Fsp3) is 0.240. The number of aromatic nitrogens is 2. The van der Waals surface area contributed by atoms with E-state index in [4.69, 9.17) is 10.7 Å². The third kappa shape index (κ3) is 5.58. The van der Waals surface area contributed by atoms with Crippen LogP contribution in [0.5, 0.6) is 0 Å². The molecule has 6 nitrogen and oxygen atoms in total. The lowest BCUT2D eigenvalue weighted by Gasteiger charge is -2.22. The molecule has 0 fully saturated rings. The molecule has 0 atom stereocenters. The molecule has 0 saturated heterocycles. The van der Waals surface area contributed by atoms with Crippen molar-refractivity contribution in [3.8, 4) is 0 Å². The van der Waals surface area contributed by atoms with Crippen LogP contribution < -0.4 is 11.3 Å². The summed E-state index contributed by atoms with van der Waals surface area (Å²) in [4.78, 5) is 33.5. The fourth-order valence-electron chi connectivity index (χ4n) is 3.78. The summed E-state index contributed by atoms with van der Waals surface area (Å²) in [7, 11) is 0. The van der Waals surface area contributed by atoms with Gasteiger partial charge in [0.05, 0.1) is 11.9 Å². The fourth-order valence-corrected chi connectivity index (χ4v) is 4.82. The molecule has 0 radical (unpaired) electrons. The van der Waals surface area contributed by atoms with Crippen LogP contribution in [-0.2, 0) is 13.0 Å². The number of amides is 1. The van der Waals surface area contributed by atoms with Crippen LogP contribution in [0.2, 0.25) is 0 Å². The lowest BCUT2D eigenvalue weighted by Crippen LogP contribution is -2.36. The largest absolute Gasteiger partial charge is 0.337 e. The number of carbonyl (C=O) groups is 1. The van der Waals surface area contributed by atoms with Crippen LogP contribution in [0, 0.1) is 0 Å². The number of aryl methyl sites for hydroxylation is 1. The normalized spacial score (nSPS) is 11.1. The van der Waals surface area contributed by atoms with Crippen molar-refractivity contribution in [1.29, 1.82) is 0 Å². The minimum atomic E-state index is -0.0451. The van der Waals surface area contributed by atoms with Crippen LogP contribution in [0.1, 0.15) is 28.2 Å². The molecule has 4 aromatic rings. The topological polar surface area (TPSA) is 81.2 Å². The Morgan fingerprint density at radius 2 is 1.82 bits per heavy atom. The van der Waals surface area contributed by atoms with Crippen LogP contribution in [0.3, 0.4) is 0 Å². The Labute approximate surface area is 204 Å². The first-order chi connectivity index (χ1) is 16.1. The third-order valence-electron chi connectivity index (χ3n) is 5.45. The van der Waals surface area contributed by atoms with E-state index in [-0.39, 0.29) is 11.5 Å². The molecule has 2 N–H and O–H groups in total. The first kappa shape index (κ1) is 23.4. The zero-order chi connectivity index (χ0) is 23.2. The van der Waals surface area contributed by atoms with E-state index in [1.807, 2.05) is 53.9 Å². The van der Waals surface area contributed by atoms with E-state index in [1.165, 1.54) is 11.3 Å². The van der Waals surface area contributed by atoms with E-state index in [2.05, 4.69) is 15.9 Å². The highest BCUT2D eigenvalue weighted by atomic mass is 79.9. The molecule has 0 aliphatic carbocycles. The van der Waals surface area contributed by atoms with Gasteiger partial charge in [-0.25, -0.2) is 4.98 Å². The summed E-state index contributed by atoms with van der Waals surface area (Å²) < 4.78 is 2.68. The lowest BCUT2D eigenvalue weighted by atomic mass is 10.1. The Kier molecular flexibility index (Phi) is 7.69. The Morgan fingerprint density at radius 3 is 2.55 bits per heavy atom. The number of nitrogens with zero attached hydrogens (tertiary/aromatic N) is 3. The van der Waals surface area contributed by atoms with Gasteiger partial charge in [0.15, 0.2) is 0 Å². The molecule has 170 valence electrons. The molecule has 0 spiro atoms. The Balaban J connectivity index is 1.54. The average molecular weight is 525 g/mol. The summed E-state index contributed by atoms with van der Waals surface area (Å²) in [6, 6.07) is 19.1. The van der Waals surface area contributed by atoms with Crippen molar-refractivity contribution in [3.63, 3.8) is 0 Å². The summed E-state index contributed by atoms with van der Waals surface area (Å²) in [5, 5.41) is 2.55. The average Bonchev–Trinajstić information content (AvgIpc) is 3.30. The van der Waals surface area contributed by atoms with Crippen molar-refractivity contribution < 1.29 is 4.79 Å². The van der Waals surface area contributed by atoms with Gasteiger partial charge in [0.2, 0.25) is 0 Å². The van der Waals surface area contributed by atoms with E-state index >= 15 is 0 Å². The molecule has 0 bridgehead atoms. The van der Waals surface area contributed by atoms with Gasteiger partial charge in [-0.15, -0.1) is 11.3 Å². The first-order valence-corrected chi connectivity index (χ1v) is 12.5. The van der Waals surface area contributed by atoms with Gasteiger partial charge in [-0.3, -0.25) is 14.2 Å². The highest BCUT2D eigenvalue weighted by Gasteiger charge is 2.17. The second kappa shape index (κ2) is 10.9. The van der Waals surface area contributed by atoms with Gasteiger partial charge >= 0.3 is 0 Å². The van der Waals surface area contributed by atoms with E-state index < -0.39 is 0 Å². The number of halogens is 1. The van der Waals surface area contributed by atoms with Crippen LogP contribution in [-0.4, -0.2) is 40.0 Å². The summed E-state index contributed by atoms with van der Waals surface area (Å²) >= 11 is 4.87. The zero-order valence-corrected chi connectivity index (χ0v) is 20.5. The number of thiophene rings is 1. The number of carbonyl (C=O) groups excluding carboxylic acids is 1. The van der Waals surface area contributed by atoms with Gasteiger partial charge < -0.3 is 10.6 Å². The quantitative estimate of drug-likeness (QED) is 0.353. The van der Waals surface area contributed by atoms with Crippen molar-refractivity contribution in [3.05, 3.63) is 97.8 Å². The van der Waals surface area contributed by atoms with Crippen LogP contribution >= 0.6 is 27.3 Å². The maximum atomic E-state index is 13.2. The van der Waals surface area contributed by atoms with Gasteiger partial charge in [0, 0.05) is 36.1 Å². The lowest BCUT2D eigenvalue weighted by molar-refractivity contribution is 0.0758. The monoisotopic (exact) mass is 524 g/mol. The number of fused-ring (bicyclic) bond motifs is 1. The molecule has 0 unspecified atom stereocenters. The van der Waals surface area contributed by atoms with Crippen LogP contribution in [0.25, 0.3) is 10.2 Å². The minimum absolute atomic E-state index is 0.0233. The molecule has 33 heavy (non-hydrogen) atoms. The molecule has 4 rings (SSSR count). The van der Waals surface area contributed by atoms with Crippen molar-refractivity contribution in [2.45, 2.75) is 19.4 Å². The van der Waals surface area contributed by atoms with E-state index in [0.717, 1.165) is 20.7 Å². The standard InChI is InChI=1S/C25H25BrN4O2S/c26-20-10-8-19(9-11-20)24(31)29(15-13-27)14-4-7-22-28-23-21(12-16-33-23)25(32)30(22)17-18-5-2-1-3-6-18/h1-3,5-6,8-12,16H,4,7,13-15,17,27H2. The molecule has 0 aliphatic rings. The number of hydrogen-bond acceptors (Lipinski definition) is 5. The van der Waals surface area contributed by atoms with Crippen molar-refractivity contribution in [2.75, 3.05) is 19.6 Å². The number of rotatable bonds is 9. The second-order valence-corrected chi connectivity index (χ2v) is 9.55. The van der Waals surface area contributed by atoms with Gasteiger partial charge in [0.1, 0.15) is 10.7 Å². The Morgan fingerprint density at radius 1 is 1.06 bits per heavy atom. The van der Waals surface area contributed by atoms with Gasteiger partial charge in [0.25, 0.3) is 11.5 Å². The molecule has 0 saturated carbocycles. The molecule has 1 amide bonds. The predicted octanol–water partition coefficient (Wildman–Crippen LogP) is 4.30. The zero-order valence-electron chi connectivity index (χ0n) is 18.1. The van der Waals surface area contributed by atoms with E-state index in [0.29, 0.717) is 50.0 Å². The first-order valence-electron chi connectivity index (χ1n) is 10.8. The molecule has 2 aromatic carbocycles. The van der Waals surface area contributed by atoms with E-state index in [1.54, 1.807) is 21.6 Å². The summed E-state index contributed by atoms with van der Waals surface area (Å²) in [6.07, 6.45) is 1.27. The highest BCUT2D eigenvalue weighted by molar-refractivity contribution is 9.10. The summed E-state index contributed by atoms with van der Waals surface area (Å²) in [5.74, 6) is 0.693. The number of hydrogen-bond donors (Lipinski definition) is 1. The molecule has 8 heteroatoms. The summed E-state index contributed by atoms with van der Waals surface area (Å²) in [5.41, 5.74) is 7.43. The Hall–Kier alpha value is -2.81. The maximum Gasteiger partial charge on any atom is 0.262 e. The SMILES string of the molecule is NCCN(CCCc1nc2sccc2c(=O)n1Cc1ccccc1)C(=O)c1ccc(Br)cc1. The molecule has 2 heterocycles. The maximum absolute atomic E-state index is 13.2. The third-order valence-corrected chi connectivity index (χ3v) is 6.79. The van der Waals surface area contributed by atoms with Gasteiger partial charge in [-0.1, -0.05) is 46.3 Å². The molecule has 2 aromatic heterocycles. The minimum Gasteiger partial charge on any atom is -0.337 e. The van der Waals surface area contributed by atoms with E-state index in [9.17, 15) is 9.59 Å².